The number of hydrogen-bond acceptors (Lipinski definition) is 5. The van der Waals surface area contributed by atoms with E-state index in [-0.39, 0.29) is 12.8 Å². The van der Waals surface area contributed by atoms with Crippen molar-refractivity contribution >= 4 is 27.9 Å². The number of rotatable bonds is 8. The summed E-state index contributed by atoms with van der Waals surface area (Å²) in [5.41, 5.74) is 1.57. The maximum atomic E-state index is 12.8. The van der Waals surface area contributed by atoms with Crippen LogP contribution in [0.25, 0.3) is 0 Å². The molecule has 28 heavy (non-hydrogen) atoms. The van der Waals surface area contributed by atoms with Gasteiger partial charge in [0.15, 0.2) is 11.5 Å². The van der Waals surface area contributed by atoms with E-state index in [0.29, 0.717) is 39.4 Å². The van der Waals surface area contributed by atoms with Crippen LogP contribution in [0.3, 0.4) is 0 Å². The summed E-state index contributed by atoms with van der Waals surface area (Å²) >= 11 is 3.51. The van der Waals surface area contributed by atoms with Crippen molar-refractivity contribution in [3.8, 4) is 11.5 Å². The molecule has 2 aliphatic rings. The van der Waals surface area contributed by atoms with E-state index in [1.54, 1.807) is 19.1 Å². The van der Waals surface area contributed by atoms with Crippen molar-refractivity contribution in [3.63, 3.8) is 0 Å². The van der Waals surface area contributed by atoms with Crippen LogP contribution in [0.1, 0.15) is 57.6 Å². The summed E-state index contributed by atoms with van der Waals surface area (Å²) in [6.45, 7) is 4.37. The third kappa shape index (κ3) is 4.60. The topological polar surface area (TPSA) is 85.9 Å². The fourth-order valence-electron chi connectivity index (χ4n) is 3.30. The lowest BCUT2D eigenvalue weighted by Crippen LogP contribution is -2.45. The van der Waals surface area contributed by atoms with Crippen molar-refractivity contribution in [2.75, 3.05) is 13.4 Å². The van der Waals surface area contributed by atoms with Crippen LogP contribution >= 0.6 is 15.9 Å². The SMILES string of the molecule is CCCCCCCOC(=O)C1=C(C)NC(=O)NC1c1cc2c(cc1Br)OCO2. The molecule has 0 aliphatic carbocycles. The Morgan fingerprint density at radius 3 is 2.68 bits per heavy atom. The average Bonchev–Trinajstić information content (AvgIpc) is 3.10. The first-order valence-corrected chi connectivity index (χ1v) is 10.3. The number of nitrogens with one attached hydrogen (secondary N) is 2. The Bertz CT molecular complexity index is 793. The zero-order valence-electron chi connectivity index (χ0n) is 16.1. The summed E-state index contributed by atoms with van der Waals surface area (Å²) in [4.78, 5) is 24.8. The number of carbonyl (C=O) groups is 2. The number of urea groups is 1. The lowest BCUT2D eigenvalue weighted by Gasteiger charge is -2.29. The molecule has 1 aromatic carbocycles. The van der Waals surface area contributed by atoms with Crippen LogP contribution in [0, 0.1) is 0 Å². The molecule has 2 amide bonds. The second-order valence-corrected chi connectivity index (χ2v) is 7.70. The molecule has 3 rings (SSSR count). The van der Waals surface area contributed by atoms with Crippen LogP contribution in [-0.2, 0) is 9.53 Å². The number of amides is 2. The maximum absolute atomic E-state index is 12.8. The minimum absolute atomic E-state index is 0.144. The number of unbranched alkanes of at least 4 members (excludes halogenated alkanes) is 4. The van der Waals surface area contributed by atoms with Gasteiger partial charge in [-0.3, -0.25) is 0 Å². The van der Waals surface area contributed by atoms with Gasteiger partial charge in [-0.25, -0.2) is 9.59 Å². The summed E-state index contributed by atoms with van der Waals surface area (Å²) in [5.74, 6) is 0.759. The highest BCUT2D eigenvalue weighted by Gasteiger charge is 2.34. The highest BCUT2D eigenvalue weighted by Crippen LogP contribution is 2.41. The number of carbonyl (C=O) groups excluding carboxylic acids is 2. The van der Waals surface area contributed by atoms with Crippen molar-refractivity contribution in [2.45, 2.75) is 52.0 Å². The molecule has 2 aliphatic heterocycles. The van der Waals surface area contributed by atoms with Gasteiger partial charge in [0.25, 0.3) is 0 Å². The molecule has 0 bridgehead atoms. The van der Waals surface area contributed by atoms with Crippen molar-refractivity contribution in [2.24, 2.45) is 0 Å². The molecular formula is C20H25BrN2O5. The molecule has 7 nitrogen and oxygen atoms in total. The molecule has 0 spiro atoms. The van der Waals surface area contributed by atoms with E-state index in [2.05, 4.69) is 33.5 Å². The number of esters is 1. The van der Waals surface area contributed by atoms with Crippen LogP contribution in [0.5, 0.6) is 11.5 Å². The van der Waals surface area contributed by atoms with Gasteiger partial charge in [-0.1, -0.05) is 48.5 Å². The van der Waals surface area contributed by atoms with Crippen LogP contribution in [0.4, 0.5) is 4.79 Å². The van der Waals surface area contributed by atoms with Gasteiger partial charge in [-0.15, -0.1) is 0 Å². The first-order chi connectivity index (χ1) is 13.5. The van der Waals surface area contributed by atoms with Gasteiger partial charge < -0.3 is 24.8 Å². The van der Waals surface area contributed by atoms with Gasteiger partial charge in [0.2, 0.25) is 6.79 Å². The molecule has 0 aromatic heterocycles. The number of allylic oxidation sites excluding steroid dienone is 1. The maximum Gasteiger partial charge on any atom is 0.338 e. The fourth-order valence-corrected chi connectivity index (χ4v) is 3.85. The summed E-state index contributed by atoms with van der Waals surface area (Å²) in [5, 5.41) is 5.47. The quantitative estimate of drug-likeness (QED) is 0.453. The normalized spacial score (nSPS) is 18.0. The van der Waals surface area contributed by atoms with Gasteiger partial charge in [0, 0.05) is 10.2 Å². The third-order valence-electron chi connectivity index (χ3n) is 4.77. The van der Waals surface area contributed by atoms with Crippen LogP contribution in [0.2, 0.25) is 0 Å². The predicted molar refractivity (Wildman–Crippen MR) is 107 cm³/mol. The van der Waals surface area contributed by atoms with Gasteiger partial charge in [-0.05, 0) is 31.0 Å². The minimum atomic E-state index is -0.648. The molecule has 1 unspecified atom stereocenters. The van der Waals surface area contributed by atoms with E-state index in [9.17, 15) is 9.59 Å². The Hall–Kier alpha value is -2.22. The number of fused-ring (bicyclic) bond motifs is 1. The van der Waals surface area contributed by atoms with Crippen LogP contribution in [0.15, 0.2) is 27.9 Å². The molecule has 0 fully saturated rings. The zero-order valence-corrected chi connectivity index (χ0v) is 17.7. The van der Waals surface area contributed by atoms with Gasteiger partial charge in [0.05, 0.1) is 18.2 Å². The number of benzene rings is 1. The highest BCUT2D eigenvalue weighted by atomic mass is 79.9. The van der Waals surface area contributed by atoms with Crippen molar-refractivity contribution in [3.05, 3.63) is 33.4 Å². The van der Waals surface area contributed by atoms with Gasteiger partial charge >= 0.3 is 12.0 Å². The highest BCUT2D eigenvalue weighted by molar-refractivity contribution is 9.10. The van der Waals surface area contributed by atoms with Crippen molar-refractivity contribution in [1.29, 1.82) is 0 Å². The molecule has 1 atom stereocenters. The lowest BCUT2D eigenvalue weighted by atomic mass is 9.95. The van der Waals surface area contributed by atoms with Gasteiger partial charge in [0.1, 0.15) is 0 Å². The molecule has 2 heterocycles. The second kappa shape index (κ2) is 9.32. The van der Waals surface area contributed by atoms with E-state index in [4.69, 9.17) is 14.2 Å². The summed E-state index contributed by atoms with van der Waals surface area (Å²) in [7, 11) is 0. The van der Waals surface area contributed by atoms with Crippen molar-refractivity contribution < 1.29 is 23.8 Å². The largest absolute Gasteiger partial charge is 0.462 e. The number of ether oxygens (including phenoxy) is 3. The Kier molecular flexibility index (Phi) is 6.83. The first-order valence-electron chi connectivity index (χ1n) is 9.55. The van der Waals surface area contributed by atoms with E-state index < -0.39 is 12.0 Å². The molecule has 0 saturated carbocycles. The summed E-state index contributed by atoms with van der Waals surface area (Å²) in [6, 6.07) is 2.53. The molecule has 2 N–H and O–H groups in total. The predicted octanol–water partition coefficient (Wildman–Crippen LogP) is 4.32. The molecule has 8 heteroatoms. The number of halogens is 1. The Balaban J connectivity index is 1.77. The summed E-state index contributed by atoms with van der Waals surface area (Å²) in [6.07, 6.45) is 5.36. The average molecular weight is 453 g/mol. The van der Waals surface area contributed by atoms with Crippen molar-refractivity contribution in [1.82, 2.24) is 10.6 Å². The fraction of sp³-hybridized carbons (Fsp3) is 0.500. The molecular weight excluding hydrogens is 428 g/mol. The Morgan fingerprint density at radius 1 is 1.21 bits per heavy atom. The minimum Gasteiger partial charge on any atom is -0.462 e. The standard InChI is InChI=1S/C20H25BrN2O5/c1-3-4-5-6-7-8-26-19(24)17-12(2)22-20(25)23-18(17)13-9-15-16(10-14(13)21)28-11-27-15/h9-10,18H,3-8,11H2,1-2H3,(H2,22,23,25). The molecule has 152 valence electrons. The van der Waals surface area contributed by atoms with E-state index in [1.165, 1.54) is 12.8 Å². The smallest absolute Gasteiger partial charge is 0.338 e. The lowest BCUT2D eigenvalue weighted by molar-refractivity contribution is -0.139. The monoisotopic (exact) mass is 452 g/mol. The zero-order chi connectivity index (χ0) is 20.1. The number of hydrogen-bond donors (Lipinski definition) is 2. The van der Waals surface area contributed by atoms with E-state index in [0.717, 1.165) is 19.3 Å². The van der Waals surface area contributed by atoms with Crippen LogP contribution < -0.4 is 20.1 Å². The molecule has 0 radical (unpaired) electrons. The Morgan fingerprint density at radius 2 is 1.93 bits per heavy atom. The molecule has 0 saturated heterocycles. The van der Waals surface area contributed by atoms with Crippen LogP contribution in [-0.4, -0.2) is 25.4 Å². The second-order valence-electron chi connectivity index (χ2n) is 6.85. The summed E-state index contributed by atoms with van der Waals surface area (Å²) < 4.78 is 17.0. The van der Waals surface area contributed by atoms with E-state index in [1.807, 2.05) is 0 Å². The Labute approximate surface area is 172 Å². The first kappa shape index (κ1) is 20.5. The molecule has 1 aromatic rings. The van der Waals surface area contributed by atoms with Gasteiger partial charge in [-0.2, -0.15) is 0 Å². The third-order valence-corrected chi connectivity index (χ3v) is 5.46. The van der Waals surface area contributed by atoms with E-state index >= 15 is 0 Å².